The zero-order valence-corrected chi connectivity index (χ0v) is 19.6. The number of hydrogen-bond acceptors (Lipinski definition) is 6. The van der Waals surface area contributed by atoms with Gasteiger partial charge in [-0.3, -0.25) is 0 Å². The van der Waals surface area contributed by atoms with Crippen molar-refractivity contribution in [2.45, 2.75) is 71.4 Å². The van der Waals surface area contributed by atoms with Crippen molar-refractivity contribution in [3.63, 3.8) is 0 Å². The highest BCUT2D eigenvalue weighted by Gasteiger charge is 2.72. The summed E-state index contributed by atoms with van der Waals surface area (Å²) in [6.07, 6.45) is 7.45. The van der Waals surface area contributed by atoms with Crippen LogP contribution in [0.2, 0.25) is 0 Å². The normalized spacial score (nSPS) is 31.4. The number of rotatable bonds is 5. The van der Waals surface area contributed by atoms with Gasteiger partial charge >= 0.3 is 0 Å². The molecule has 6 heteroatoms. The number of fused-ring (bicyclic) bond motifs is 1. The summed E-state index contributed by atoms with van der Waals surface area (Å²) in [6.45, 7) is 10.1. The Morgan fingerprint density at radius 1 is 1.19 bits per heavy atom. The first-order valence-corrected chi connectivity index (χ1v) is 11.9. The topological polar surface area (TPSA) is 90.9 Å². The fourth-order valence-corrected chi connectivity index (χ4v) is 6.41. The Labute approximate surface area is 190 Å². The minimum Gasteiger partial charge on any atom is -0.353 e. The fourth-order valence-electron chi connectivity index (χ4n) is 6.41. The maximum Gasteiger partial charge on any atom is 0.136 e. The predicted octanol–water partition coefficient (Wildman–Crippen LogP) is 4.88. The third kappa shape index (κ3) is 2.71. The summed E-state index contributed by atoms with van der Waals surface area (Å²) < 4.78 is 0. The first kappa shape index (κ1) is 20.2. The number of nitrogens with two attached hydrogens (primary N) is 1. The Balaban J connectivity index is 1.29. The molecule has 2 bridgehead atoms. The van der Waals surface area contributed by atoms with Crippen molar-refractivity contribution >= 4 is 23.5 Å². The van der Waals surface area contributed by atoms with Crippen LogP contribution in [0.5, 0.6) is 0 Å². The van der Waals surface area contributed by atoms with Gasteiger partial charge in [0.1, 0.15) is 17.5 Å². The van der Waals surface area contributed by atoms with Crippen LogP contribution in [0.15, 0.2) is 24.3 Å². The second-order valence-electron chi connectivity index (χ2n) is 11.9. The molecule has 2 aliphatic heterocycles. The van der Waals surface area contributed by atoms with E-state index in [1.165, 1.54) is 37.5 Å². The van der Waals surface area contributed by atoms with Crippen LogP contribution in [-0.2, 0) is 5.54 Å². The molecule has 2 saturated heterocycles. The van der Waals surface area contributed by atoms with Gasteiger partial charge in [-0.2, -0.15) is 0 Å². The third-order valence-electron chi connectivity index (χ3n) is 9.15. The van der Waals surface area contributed by atoms with Gasteiger partial charge in [0.15, 0.2) is 0 Å². The van der Waals surface area contributed by atoms with E-state index in [1.54, 1.807) is 0 Å². The maximum absolute atomic E-state index is 7.88. The lowest BCUT2D eigenvalue weighted by Gasteiger charge is -2.47. The molecule has 5 fully saturated rings. The van der Waals surface area contributed by atoms with E-state index < -0.39 is 0 Å². The number of hydrogen-bond donors (Lipinski definition) is 3. The summed E-state index contributed by atoms with van der Waals surface area (Å²) >= 11 is 0. The number of aryl methyl sites for hydroxylation is 1. The van der Waals surface area contributed by atoms with Gasteiger partial charge in [0, 0.05) is 41.7 Å². The smallest absolute Gasteiger partial charge is 0.136 e. The summed E-state index contributed by atoms with van der Waals surface area (Å²) in [6, 6.07) is 8.89. The van der Waals surface area contributed by atoms with Crippen molar-refractivity contribution in [3.8, 4) is 0 Å². The van der Waals surface area contributed by atoms with Gasteiger partial charge in [-0.25, -0.2) is 9.97 Å². The quantitative estimate of drug-likeness (QED) is 0.588. The first-order valence-electron chi connectivity index (χ1n) is 11.9. The number of nitrogens with zero attached hydrogens (tertiary/aromatic N) is 3. The molecule has 1 spiro atoms. The van der Waals surface area contributed by atoms with Crippen LogP contribution in [0, 0.1) is 28.6 Å². The van der Waals surface area contributed by atoms with Crippen LogP contribution in [0.4, 0.5) is 17.3 Å². The van der Waals surface area contributed by atoms with Crippen molar-refractivity contribution in [1.82, 2.24) is 9.97 Å². The van der Waals surface area contributed by atoms with E-state index >= 15 is 0 Å². The number of anilines is 3. The highest BCUT2D eigenvalue weighted by atomic mass is 15.3. The minimum absolute atomic E-state index is 0.200. The highest BCUT2D eigenvalue weighted by molar-refractivity contribution is 5.87. The van der Waals surface area contributed by atoms with E-state index in [4.69, 9.17) is 16.1 Å². The molecule has 5 aliphatic rings. The predicted molar refractivity (Wildman–Crippen MR) is 129 cm³/mol. The van der Waals surface area contributed by atoms with Gasteiger partial charge in [0.05, 0.1) is 0 Å². The molecule has 6 nitrogen and oxygen atoms in total. The maximum atomic E-state index is 7.88. The lowest BCUT2D eigenvalue weighted by Crippen LogP contribution is -2.44. The van der Waals surface area contributed by atoms with E-state index in [0.29, 0.717) is 22.3 Å². The number of benzene rings is 1. The molecule has 7 rings (SSSR count). The lowest BCUT2D eigenvalue weighted by molar-refractivity contribution is 0.0440. The zero-order valence-electron chi connectivity index (χ0n) is 19.6. The molecule has 168 valence electrons. The average Bonchev–Trinajstić information content (AvgIpc) is 3.47. The lowest BCUT2D eigenvalue weighted by atomic mass is 9.56. The third-order valence-corrected chi connectivity index (χ3v) is 9.15. The minimum atomic E-state index is -0.200. The number of nitrogens with one attached hydrogen (secondary N) is 2. The van der Waals surface area contributed by atoms with Crippen molar-refractivity contribution < 1.29 is 0 Å². The molecule has 0 radical (unpaired) electrons. The van der Waals surface area contributed by atoms with Crippen LogP contribution in [0.3, 0.4) is 0 Å². The molecule has 1 atom stereocenters. The fraction of sp³-hybridized carbons (Fsp3) is 0.577. The van der Waals surface area contributed by atoms with E-state index in [0.717, 1.165) is 41.7 Å². The van der Waals surface area contributed by atoms with E-state index in [1.807, 2.05) is 13.0 Å². The average molecular weight is 431 g/mol. The molecule has 3 heterocycles. The van der Waals surface area contributed by atoms with Gasteiger partial charge in [0.2, 0.25) is 0 Å². The summed E-state index contributed by atoms with van der Waals surface area (Å²) in [5, 5.41) is 11.4. The van der Waals surface area contributed by atoms with Crippen molar-refractivity contribution in [1.29, 1.82) is 5.41 Å². The molecule has 1 aromatic heterocycles. The van der Waals surface area contributed by atoms with Crippen LogP contribution >= 0.6 is 0 Å². The van der Waals surface area contributed by atoms with Crippen molar-refractivity contribution in [2.24, 2.45) is 22.0 Å². The Bertz CT molecular complexity index is 1120. The van der Waals surface area contributed by atoms with Gasteiger partial charge in [0.25, 0.3) is 0 Å². The largest absolute Gasteiger partial charge is 0.353 e. The monoisotopic (exact) mass is 430 g/mol. The molecular formula is C26H34N6. The highest BCUT2D eigenvalue weighted by Crippen LogP contribution is 2.76. The van der Waals surface area contributed by atoms with Crippen LogP contribution in [0.25, 0.3) is 0 Å². The molecular weight excluding hydrogens is 396 g/mol. The Morgan fingerprint density at radius 3 is 2.53 bits per heavy atom. The van der Waals surface area contributed by atoms with Gasteiger partial charge < -0.3 is 21.4 Å². The summed E-state index contributed by atoms with van der Waals surface area (Å²) in [4.78, 5) is 11.9. The van der Waals surface area contributed by atoms with E-state index in [2.05, 4.69) is 54.2 Å². The zero-order chi connectivity index (χ0) is 22.5. The second kappa shape index (κ2) is 6.10. The van der Waals surface area contributed by atoms with E-state index in [9.17, 15) is 0 Å². The Hall–Kier alpha value is -2.47. The first-order chi connectivity index (χ1) is 15.1. The SMILES string of the molecule is Cc1nc(Nc2cc([C@]3(N)CC34CC4)ccc2C=N)cc(N2CC3(C(C)(C)C)CC2C3)n1. The molecule has 2 aromatic rings. The van der Waals surface area contributed by atoms with Gasteiger partial charge in [-0.1, -0.05) is 32.9 Å². The molecule has 32 heavy (non-hydrogen) atoms. The molecule has 4 N–H and O–H groups in total. The molecule has 3 aliphatic carbocycles. The molecule has 0 amide bonds. The van der Waals surface area contributed by atoms with Gasteiger partial charge in [-0.05, 0) is 66.9 Å². The molecule has 1 aromatic carbocycles. The van der Waals surface area contributed by atoms with Crippen molar-refractivity contribution in [3.05, 3.63) is 41.2 Å². The summed E-state index contributed by atoms with van der Waals surface area (Å²) in [5.74, 6) is 2.56. The number of aromatic nitrogens is 2. The van der Waals surface area contributed by atoms with Crippen LogP contribution < -0.4 is 16.0 Å². The standard InChI is InChI=1S/C26H34N6/c1-16-29-21(10-22(30-16)32-15-25(23(2,3)4)11-19(32)12-25)31-20-9-18(6-5-17(20)13-27)26(28)14-24(26)7-8-24/h5-6,9-10,13,19,27H,7-8,11-12,14-15,28H2,1-4H3,(H,29,30,31)/t19?,25?,26-/m1/s1. The van der Waals surface area contributed by atoms with Crippen molar-refractivity contribution in [2.75, 3.05) is 16.8 Å². The summed E-state index contributed by atoms with van der Waals surface area (Å²) in [5.41, 5.74) is 10.5. The van der Waals surface area contributed by atoms with Crippen LogP contribution in [-0.4, -0.2) is 28.8 Å². The van der Waals surface area contributed by atoms with Gasteiger partial charge in [-0.15, -0.1) is 0 Å². The molecule has 0 unspecified atom stereocenters. The molecule has 3 saturated carbocycles. The summed E-state index contributed by atoms with van der Waals surface area (Å²) in [7, 11) is 0. The Morgan fingerprint density at radius 2 is 1.94 bits per heavy atom. The van der Waals surface area contributed by atoms with E-state index in [-0.39, 0.29) is 5.54 Å². The Kier molecular flexibility index (Phi) is 3.84. The second-order valence-corrected chi connectivity index (χ2v) is 11.9. The van der Waals surface area contributed by atoms with Crippen LogP contribution in [0.1, 0.15) is 69.8 Å².